The summed E-state index contributed by atoms with van der Waals surface area (Å²) >= 11 is 31.2. The number of aromatic hydroxyl groups is 1. The zero-order valence-corrected chi connectivity index (χ0v) is 16.3. The summed E-state index contributed by atoms with van der Waals surface area (Å²) in [5.74, 6) is -0.314. The topological polar surface area (TPSA) is 49.2 Å². The minimum absolute atomic E-state index is 0.00894. The number of fused-ring (bicyclic) bond motifs is 7. The number of rotatable bonds is 0. The predicted molar refractivity (Wildman–Crippen MR) is 110 cm³/mol. The monoisotopic (exact) mass is 443 g/mol. The first-order chi connectivity index (χ1) is 12.4. The number of aromatic amines is 1. The number of phenols is 1. The lowest BCUT2D eigenvalue weighted by Crippen LogP contribution is -1.77. The average molecular weight is 446 g/mol. The Balaban J connectivity index is 2.10. The van der Waals surface area contributed by atoms with Crippen LogP contribution in [0.15, 0.2) is 28.7 Å². The zero-order valence-electron chi connectivity index (χ0n) is 12.6. The second-order valence-electron chi connectivity index (χ2n) is 5.90. The van der Waals surface area contributed by atoms with Gasteiger partial charge in [0.2, 0.25) is 0 Å². The average Bonchev–Trinajstić information content (AvgIpc) is 3.16. The number of H-pyrrole nitrogens is 1. The SMILES string of the molecule is Oc1c(Cl)c(Cl)c2c(oc3c2ccc2[nH]c4c(Cl)cc(Cl)cc4c23)c1Cl. The van der Waals surface area contributed by atoms with Gasteiger partial charge in [-0.3, -0.25) is 0 Å². The van der Waals surface area contributed by atoms with Crippen molar-refractivity contribution in [1.29, 1.82) is 0 Å². The Morgan fingerprint density at radius 2 is 1.58 bits per heavy atom. The molecule has 0 aliphatic rings. The van der Waals surface area contributed by atoms with Crippen LogP contribution in [0.5, 0.6) is 5.75 Å². The van der Waals surface area contributed by atoms with Crippen molar-refractivity contribution in [3.05, 3.63) is 49.4 Å². The van der Waals surface area contributed by atoms with E-state index in [4.69, 9.17) is 62.4 Å². The van der Waals surface area contributed by atoms with E-state index in [1.807, 2.05) is 18.2 Å². The van der Waals surface area contributed by atoms with Crippen LogP contribution >= 0.6 is 58.0 Å². The Hall–Kier alpha value is -1.49. The number of phenolic OH excluding ortho intramolecular Hbond substituents is 1. The molecule has 0 aliphatic carbocycles. The van der Waals surface area contributed by atoms with Crippen LogP contribution in [-0.4, -0.2) is 10.1 Å². The van der Waals surface area contributed by atoms with E-state index in [0.717, 1.165) is 27.2 Å². The lowest BCUT2D eigenvalue weighted by atomic mass is 10.1. The maximum Gasteiger partial charge on any atom is 0.159 e. The highest BCUT2D eigenvalue weighted by atomic mass is 35.5. The second kappa shape index (κ2) is 5.51. The highest BCUT2D eigenvalue weighted by Gasteiger charge is 2.23. The number of benzene rings is 3. The van der Waals surface area contributed by atoms with Crippen molar-refractivity contribution in [3.8, 4) is 5.75 Å². The van der Waals surface area contributed by atoms with Crippen molar-refractivity contribution in [3.63, 3.8) is 0 Å². The van der Waals surface area contributed by atoms with Crippen molar-refractivity contribution in [2.24, 2.45) is 0 Å². The van der Waals surface area contributed by atoms with Gasteiger partial charge in [0.05, 0.1) is 31.9 Å². The molecular formula is C18H6Cl5NO2. The molecule has 0 bridgehead atoms. The van der Waals surface area contributed by atoms with Crippen molar-refractivity contribution >= 4 is 102 Å². The van der Waals surface area contributed by atoms with Gasteiger partial charge < -0.3 is 14.5 Å². The molecule has 0 unspecified atom stereocenters. The third kappa shape index (κ3) is 2.04. The highest BCUT2D eigenvalue weighted by Crippen LogP contribution is 2.49. The van der Waals surface area contributed by atoms with Crippen molar-refractivity contribution in [2.45, 2.75) is 0 Å². The fraction of sp³-hybridized carbons (Fsp3) is 0. The molecule has 0 saturated heterocycles. The molecule has 0 spiro atoms. The van der Waals surface area contributed by atoms with Crippen LogP contribution in [0.3, 0.4) is 0 Å². The van der Waals surface area contributed by atoms with E-state index in [2.05, 4.69) is 4.98 Å². The maximum atomic E-state index is 10.1. The van der Waals surface area contributed by atoms with Crippen molar-refractivity contribution < 1.29 is 9.52 Å². The van der Waals surface area contributed by atoms with Gasteiger partial charge in [-0.25, -0.2) is 0 Å². The molecule has 3 aromatic carbocycles. The van der Waals surface area contributed by atoms with E-state index in [0.29, 0.717) is 21.0 Å². The summed E-state index contributed by atoms with van der Waals surface area (Å²) in [5.41, 5.74) is 2.38. The maximum absolute atomic E-state index is 10.1. The van der Waals surface area contributed by atoms with E-state index in [-0.39, 0.29) is 26.4 Å². The van der Waals surface area contributed by atoms with Gasteiger partial charge >= 0.3 is 0 Å². The third-order valence-electron chi connectivity index (χ3n) is 4.47. The Labute approximate surface area is 170 Å². The molecule has 2 aromatic heterocycles. The number of hydrogen-bond acceptors (Lipinski definition) is 2. The Morgan fingerprint density at radius 1 is 0.808 bits per heavy atom. The fourth-order valence-electron chi connectivity index (χ4n) is 3.36. The summed E-state index contributed by atoms with van der Waals surface area (Å²) in [7, 11) is 0. The van der Waals surface area contributed by atoms with E-state index in [1.165, 1.54) is 0 Å². The van der Waals surface area contributed by atoms with Crippen LogP contribution in [0, 0.1) is 0 Å². The van der Waals surface area contributed by atoms with E-state index in [1.54, 1.807) is 6.07 Å². The first-order valence-corrected chi connectivity index (χ1v) is 9.28. The van der Waals surface area contributed by atoms with Gasteiger partial charge in [0.1, 0.15) is 15.6 Å². The summed E-state index contributed by atoms with van der Waals surface area (Å²) in [6.07, 6.45) is 0. The number of furan rings is 1. The van der Waals surface area contributed by atoms with Crippen LogP contribution in [0.4, 0.5) is 0 Å². The van der Waals surface area contributed by atoms with Gasteiger partial charge in [-0.2, -0.15) is 0 Å². The molecule has 0 saturated carbocycles. The fourth-order valence-corrected chi connectivity index (χ4v) is 4.64. The molecule has 3 nitrogen and oxygen atoms in total. The Bertz CT molecular complexity index is 1400. The Morgan fingerprint density at radius 3 is 2.35 bits per heavy atom. The number of nitrogens with one attached hydrogen (secondary N) is 1. The van der Waals surface area contributed by atoms with Crippen molar-refractivity contribution in [2.75, 3.05) is 0 Å². The molecule has 2 heterocycles. The lowest BCUT2D eigenvalue weighted by molar-refractivity contribution is 0.475. The Kier molecular flexibility index (Phi) is 3.53. The minimum Gasteiger partial charge on any atom is -0.505 e. The summed E-state index contributed by atoms with van der Waals surface area (Å²) < 4.78 is 6.02. The first kappa shape index (κ1) is 16.7. The van der Waals surface area contributed by atoms with Gasteiger partial charge in [0, 0.05) is 15.8 Å². The molecule has 5 rings (SSSR count). The largest absolute Gasteiger partial charge is 0.505 e. The van der Waals surface area contributed by atoms with E-state index >= 15 is 0 Å². The van der Waals surface area contributed by atoms with Crippen LogP contribution in [0.25, 0.3) is 43.7 Å². The number of hydrogen-bond donors (Lipinski definition) is 2. The van der Waals surface area contributed by atoms with Gasteiger partial charge in [0.25, 0.3) is 0 Å². The molecule has 5 aromatic rings. The molecule has 0 atom stereocenters. The second-order valence-corrected chi connectivity index (χ2v) is 7.87. The van der Waals surface area contributed by atoms with Crippen LogP contribution < -0.4 is 0 Å². The molecule has 2 N–H and O–H groups in total. The van der Waals surface area contributed by atoms with Crippen LogP contribution in [0.1, 0.15) is 0 Å². The lowest BCUT2D eigenvalue weighted by Gasteiger charge is -2.03. The molecular weight excluding hydrogens is 439 g/mol. The summed E-state index contributed by atoms with van der Waals surface area (Å²) in [6, 6.07) is 7.22. The molecule has 0 radical (unpaired) electrons. The van der Waals surface area contributed by atoms with Gasteiger partial charge in [-0.05, 0) is 24.3 Å². The zero-order chi connectivity index (χ0) is 18.3. The summed E-state index contributed by atoms with van der Waals surface area (Å²) in [4.78, 5) is 3.27. The summed E-state index contributed by atoms with van der Waals surface area (Å²) in [5, 5.41) is 14.1. The molecule has 0 fully saturated rings. The van der Waals surface area contributed by atoms with Crippen LogP contribution in [0.2, 0.25) is 25.1 Å². The molecule has 130 valence electrons. The van der Waals surface area contributed by atoms with E-state index in [9.17, 15) is 5.11 Å². The first-order valence-electron chi connectivity index (χ1n) is 7.39. The van der Waals surface area contributed by atoms with Gasteiger partial charge in [-0.15, -0.1) is 0 Å². The quantitative estimate of drug-likeness (QED) is 0.236. The highest BCUT2D eigenvalue weighted by molar-refractivity contribution is 6.51. The van der Waals surface area contributed by atoms with Gasteiger partial charge in [0.15, 0.2) is 11.3 Å². The smallest absolute Gasteiger partial charge is 0.159 e. The molecule has 0 amide bonds. The number of aromatic nitrogens is 1. The van der Waals surface area contributed by atoms with Crippen LogP contribution in [-0.2, 0) is 0 Å². The molecule has 8 heteroatoms. The van der Waals surface area contributed by atoms with Crippen molar-refractivity contribution in [1.82, 2.24) is 4.98 Å². The number of halogens is 5. The molecule has 0 aliphatic heterocycles. The third-order valence-corrected chi connectivity index (χ3v) is 6.18. The summed E-state index contributed by atoms with van der Waals surface area (Å²) in [6.45, 7) is 0. The van der Waals surface area contributed by atoms with Gasteiger partial charge in [-0.1, -0.05) is 58.0 Å². The predicted octanol–water partition coefficient (Wildman–Crippen LogP) is 8.19. The molecule has 26 heavy (non-hydrogen) atoms. The minimum atomic E-state index is -0.314. The van der Waals surface area contributed by atoms with E-state index < -0.39 is 0 Å². The standard InChI is InChI=1S/C18H6Cl5NO2/c19-5-3-7-10-9(24-15(7)8(20)4-5)2-1-6-11-12(21)13(22)16(25)14(23)18(11)26-17(6)10/h1-4,24-25H. The normalized spacial score (nSPS) is 12.2.